The second-order valence-corrected chi connectivity index (χ2v) is 8.21. The number of likely N-dealkylation sites (tertiary alicyclic amines) is 1. The van der Waals surface area contributed by atoms with Crippen LogP contribution < -0.4 is 5.32 Å². The number of nitrogens with zero attached hydrogens (tertiary/aromatic N) is 2. The zero-order valence-electron chi connectivity index (χ0n) is 14.2. The Morgan fingerprint density at radius 2 is 2.04 bits per heavy atom. The van der Waals surface area contributed by atoms with Gasteiger partial charge in [-0.05, 0) is 48.8 Å². The third kappa shape index (κ3) is 3.64. The van der Waals surface area contributed by atoms with Crippen molar-refractivity contribution >= 4 is 21.6 Å². The van der Waals surface area contributed by atoms with Gasteiger partial charge in [-0.1, -0.05) is 12.8 Å². The molecular formula is C19H27N3OS. The first kappa shape index (κ1) is 16.5. The maximum absolute atomic E-state index is 10.2. The number of pyridine rings is 1. The summed E-state index contributed by atoms with van der Waals surface area (Å²) in [5.74, 6) is 0. The van der Waals surface area contributed by atoms with E-state index in [0.717, 1.165) is 31.6 Å². The van der Waals surface area contributed by atoms with Gasteiger partial charge in [0.1, 0.15) is 0 Å². The summed E-state index contributed by atoms with van der Waals surface area (Å²) in [6, 6.07) is 5.33. The van der Waals surface area contributed by atoms with Gasteiger partial charge in [-0.2, -0.15) is 0 Å². The van der Waals surface area contributed by atoms with Crippen LogP contribution in [0.4, 0.5) is 0 Å². The fraction of sp³-hybridized carbons (Fsp3) is 0.632. The zero-order chi connectivity index (χ0) is 16.4. The van der Waals surface area contributed by atoms with Crippen LogP contribution >= 0.6 is 11.3 Å². The quantitative estimate of drug-likeness (QED) is 0.894. The highest BCUT2D eigenvalue weighted by molar-refractivity contribution is 7.17. The Morgan fingerprint density at radius 1 is 1.21 bits per heavy atom. The van der Waals surface area contributed by atoms with E-state index in [2.05, 4.69) is 32.7 Å². The minimum absolute atomic E-state index is 0.105. The number of aromatic nitrogens is 1. The van der Waals surface area contributed by atoms with E-state index in [9.17, 15) is 5.11 Å². The van der Waals surface area contributed by atoms with E-state index in [1.54, 1.807) is 11.3 Å². The highest BCUT2D eigenvalue weighted by Crippen LogP contribution is 2.26. The largest absolute Gasteiger partial charge is 0.391 e. The van der Waals surface area contributed by atoms with Crippen molar-refractivity contribution in [2.75, 3.05) is 13.1 Å². The van der Waals surface area contributed by atoms with Crippen LogP contribution in [0.2, 0.25) is 0 Å². The highest BCUT2D eigenvalue weighted by Gasteiger charge is 2.31. The monoisotopic (exact) mass is 345 g/mol. The minimum Gasteiger partial charge on any atom is -0.391 e. The SMILES string of the molecule is OC1CCCCC1N1CCC(NCc2cnc3ccsc3c2)CC1. The molecule has 0 aromatic carbocycles. The van der Waals surface area contributed by atoms with E-state index in [-0.39, 0.29) is 6.10 Å². The topological polar surface area (TPSA) is 48.4 Å². The Kier molecular flexibility index (Phi) is 5.13. The van der Waals surface area contributed by atoms with Crippen molar-refractivity contribution in [1.29, 1.82) is 0 Å². The average molecular weight is 346 g/mol. The molecule has 1 saturated carbocycles. The second kappa shape index (κ2) is 7.48. The van der Waals surface area contributed by atoms with Gasteiger partial charge in [0.05, 0.1) is 16.3 Å². The van der Waals surface area contributed by atoms with E-state index < -0.39 is 0 Å². The number of hydrogen-bond donors (Lipinski definition) is 2. The smallest absolute Gasteiger partial charge is 0.0809 e. The molecule has 4 nitrogen and oxygen atoms in total. The van der Waals surface area contributed by atoms with Crippen molar-refractivity contribution in [1.82, 2.24) is 15.2 Å². The summed E-state index contributed by atoms with van der Waals surface area (Å²) in [4.78, 5) is 7.05. The van der Waals surface area contributed by atoms with Crippen LogP contribution in [0.5, 0.6) is 0 Å². The number of hydrogen-bond acceptors (Lipinski definition) is 5. The number of fused-ring (bicyclic) bond motifs is 1. The molecule has 2 aliphatic rings. The van der Waals surface area contributed by atoms with E-state index in [0.29, 0.717) is 12.1 Å². The van der Waals surface area contributed by atoms with Gasteiger partial charge in [0.25, 0.3) is 0 Å². The van der Waals surface area contributed by atoms with Crippen LogP contribution in [0.15, 0.2) is 23.7 Å². The Bertz CT molecular complexity index is 665. The van der Waals surface area contributed by atoms with Gasteiger partial charge in [-0.3, -0.25) is 9.88 Å². The molecule has 2 fully saturated rings. The number of piperidine rings is 1. The molecular weight excluding hydrogens is 318 g/mol. The predicted octanol–water partition coefficient (Wildman–Crippen LogP) is 3.15. The third-order valence-electron chi connectivity index (χ3n) is 5.65. The summed E-state index contributed by atoms with van der Waals surface area (Å²) >= 11 is 1.76. The van der Waals surface area contributed by atoms with Crippen LogP contribution in [0.25, 0.3) is 10.2 Å². The molecule has 0 radical (unpaired) electrons. The van der Waals surface area contributed by atoms with E-state index >= 15 is 0 Å². The average Bonchev–Trinajstić information content (AvgIpc) is 3.09. The predicted molar refractivity (Wildman–Crippen MR) is 99.3 cm³/mol. The molecule has 24 heavy (non-hydrogen) atoms. The van der Waals surface area contributed by atoms with Crippen LogP contribution in [0.3, 0.4) is 0 Å². The number of aliphatic hydroxyl groups is 1. The molecule has 2 unspecified atom stereocenters. The van der Waals surface area contributed by atoms with Gasteiger partial charge in [0.15, 0.2) is 0 Å². The fourth-order valence-corrected chi connectivity index (χ4v) is 5.00. The molecule has 2 N–H and O–H groups in total. The third-order valence-corrected chi connectivity index (χ3v) is 6.50. The number of aliphatic hydroxyl groups excluding tert-OH is 1. The molecule has 1 saturated heterocycles. The van der Waals surface area contributed by atoms with Gasteiger partial charge in [0.2, 0.25) is 0 Å². The van der Waals surface area contributed by atoms with Gasteiger partial charge < -0.3 is 10.4 Å². The molecule has 0 bridgehead atoms. The molecule has 1 aliphatic heterocycles. The van der Waals surface area contributed by atoms with Gasteiger partial charge in [-0.15, -0.1) is 11.3 Å². The lowest BCUT2D eigenvalue weighted by Gasteiger charge is -2.41. The fourth-order valence-electron chi connectivity index (χ4n) is 4.20. The molecule has 2 aromatic rings. The molecule has 2 atom stereocenters. The van der Waals surface area contributed by atoms with Crippen molar-refractivity contribution in [3.63, 3.8) is 0 Å². The van der Waals surface area contributed by atoms with Gasteiger partial charge >= 0.3 is 0 Å². The standard InChI is InChI=1S/C19H27N3OS/c23-18-4-2-1-3-17(18)22-8-5-15(6-9-22)20-12-14-11-19-16(21-13-14)7-10-24-19/h7,10-11,13,15,17-18,20,23H,1-6,8-9,12H2. The lowest BCUT2D eigenvalue weighted by atomic mass is 9.89. The zero-order valence-corrected chi connectivity index (χ0v) is 15.0. The van der Waals surface area contributed by atoms with E-state index in [1.165, 1.54) is 42.4 Å². The number of rotatable bonds is 4. The summed E-state index contributed by atoms with van der Waals surface area (Å²) < 4.78 is 1.27. The lowest BCUT2D eigenvalue weighted by Crippen LogP contribution is -2.51. The Hall–Kier alpha value is -1.01. The Balaban J connectivity index is 1.27. The van der Waals surface area contributed by atoms with Crippen molar-refractivity contribution in [3.05, 3.63) is 29.3 Å². The summed E-state index contributed by atoms with van der Waals surface area (Å²) in [5, 5.41) is 16.1. The number of nitrogens with one attached hydrogen (secondary N) is 1. The van der Waals surface area contributed by atoms with Crippen molar-refractivity contribution in [2.24, 2.45) is 0 Å². The summed E-state index contributed by atoms with van der Waals surface area (Å²) in [6.45, 7) is 3.13. The normalized spacial score (nSPS) is 26.9. The molecule has 3 heterocycles. The Morgan fingerprint density at radius 3 is 2.88 bits per heavy atom. The first-order valence-electron chi connectivity index (χ1n) is 9.27. The maximum Gasteiger partial charge on any atom is 0.0809 e. The van der Waals surface area contributed by atoms with Gasteiger partial charge in [-0.25, -0.2) is 0 Å². The lowest BCUT2D eigenvalue weighted by molar-refractivity contribution is 0.00714. The van der Waals surface area contributed by atoms with Crippen molar-refractivity contribution in [3.8, 4) is 0 Å². The first-order chi connectivity index (χ1) is 11.8. The highest BCUT2D eigenvalue weighted by atomic mass is 32.1. The van der Waals surface area contributed by atoms with Crippen LogP contribution in [0, 0.1) is 0 Å². The summed E-state index contributed by atoms with van der Waals surface area (Å²) in [6.07, 6.45) is 8.88. The van der Waals surface area contributed by atoms with Gasteiger partial charge in [0, 0.05) is 37.9 Å². The molecule has 4 rings (SSSR count). The second-order valence-electron chi connectivity index (χ2n) is 7.26. The summed E-state index contributed by atoms with van der Waals surface area (Å²) in [5.41, 5.74) is 2.37. The number of thiophene rings is 1. The van der Waals surface area contributed by atoms with Crippen LogP contribution in [-0.4, -0.2) is 46.3 Å². The molecule has 130 valence electrons. The molecule has 0 spiro atoms. The van der Waals surface area contributed by atoms with Crippen molar-refractivity contribution in [2.45, 2.75) is 63.3 Å². The molecule has 2 aromatic heterocycles. The van der Waals surface area contributed by atoms with Crippen LogP contribution in [0.1, 0.15) is 44.1 Å². The molecule has 1 aliphatic carbocycles. The molecule has 5 heteroatoms. The minimum atomic E-state index is -0.105. The summed E-state index contributed by atoms with van der Waals surface area (Å²) in [7, 11) is 0. The molecule has 0 amide bonds. The van der Waals surface area contributed by atoms with Crippen molar-refractivity contribution < 1.29 is 5.11 Å². The Labute approximate surface area is 147 Å². The maximum atomic E-state index is 10.2. The van der Waals surface area contributed by atoms with Crippen LogP contribution in [-0.2, 0) is 6.54 Å². The van der Waals surface area contributed by atoms with E-state index in [4.69, 9.17) is 0 Å². The van der Waals surface area contributed by atoms with E-state index in [1.807, 2.05) is 6.20 Å². The first-order valence-corrected chi connectivity index (χ1v) is 10.2.